The summed E-state index contributed by atoms with van der Waals surface area (Å²) in [5.74, 6) is 0.398. The van der Waals surface area contributed by atoms with Gasteiger partial charge in [-0.25, -0.2) is 0 Å². The van der Waals surface area contributed by atoms with E-state index in [1.54, 1.807) is 0 Å². The Bertz CT molecular complexity index is 677. The Morgan fingerprint density at radius 1 is 1.38 bits per heavy atom. The molecule has 1 aliphatic carbocycles. The molecule has 0 radical (unpaired) electrons. The molecule has 0 spiro atoms. The summed E-state index contributed by atoms with van der Waals surface area (Å²) >= 11 is 6.32. The summed E-state index contributed by atoms with van der Waals surface area (Å²) in [7, 11) is 0. The second-order valence-corrected chi connectivity index (χ2v) is 7.12. The topological polar surface area (TPSA) is 67.1 Å². The summed E-state index contributed by atoms with van der Waals surface area (Å²) in [6, 6.07) is 3.19. The van der Waals surface area contributed by atoms with E-state index in [4.69, 9.17) is 17.3 Å². The highest BCUT2D eigenvalue weighted by molar-refractivity contribution is 6.34. The molecule has 1 saturated carbocycles. The number of rotatable bonds is 4. The van der Waals surface area contributed by atoms with Gasteiger partial charge in [-0.05, 0) is 36.1 Å². The molecule has 1 atom stereocenters. The van der Waals surface area contributed by atoms with Crippen LogP contribution in [0.3, 0.4) is 0 Å². The van der Waals surface area contributed by atoms with Gasteiger partial charge in [0.05, 0.1) is 16.8 Å². The molecule has 1 aromatic carbocycles. The van der Waals surface area contributed by atoms with Crippen molar-refractivity contribution in [3.8, 4) is 0 Å². The van der Waals surface area contributed by atoms with Gasteiger partial charge < -0.3 is 16.4 Å². The molecular formula is C19H24ClN3O. The first-order valence-corrected chi connectivity index (χ1v) is 8.95. The number of amides is 1. The zero-order valence-corrected chi connectivity index (χ0v) is 14.5. The quantitative estimate of drug-likeness (QED) is 0.768. The molecular weight excluding hydrogens is 322 g/mol. The Morgan fingerprint density at radius 2 is 2.12 bits per heavy atom. The summed E-state index contributed by atoms with van der Waals surface area (Å²) in [5, 5.41) is 6.42. The van der Waals surface area contributed by atoms with Gasteiger partial charge in [-0.3, -0.25) is 4.79 Å². The predicted molar refractivity (Wildman–Crippen MR) is 100 cm³/mol. The molecule has 3 rings (SSSR count). The molecule has 1 fully saturated rings. The Morgan fingerprint density at radius 3 is 2.88 bits per heavy atom. The number of nitrogens with two attached hydrogens (primary N) is 1. The zero-order chi connectivity index (χ0) is 17.1. The van der Waals surface area contributed by atoms with Crippen LogP contribution in [0.25, 0.3) is 11.8 Å². The van der Waals surface area contributed by atoms with E-state index in [0.29, 0.717) is 16.6 Å². The lowest BCUT2D eigenvalue weighted by Gasteiger charge is -2.24. The lowest BCUT2D eigenvalue weighted by Crippen LogP contribution is -2.37. The monoisotopic (exact) mass is 345 g/mol. The summed E-state index contributed by atoms with van der Waals surface area (Å²) in [6.07, 6.45) is 10.7. The van der Waals surface area contributed by atoms with Gasteiger partial charge >= 0.3 is 0 Å². The molecule has 4 nitrogen and oxygen atoms in total. The molecule has 1 heterocycles. The van der Waals surface area contributed by atoms with Gasteiger partial charge in [0, 0.05) is 17.5 Å². The van der Waals surface area contributed by atoms with Gasteiger partial charge in [0.2, 0.25) is 5.91 Å². The Balaban J connectivity index is 1.68. The zero-order valence-electron chi connectivity index (χ0n) is 13.8. The molecule has 2 aliphatic rings. The van der Waals surface area contributed by atoms with Crippen LogP contribution in [0.15, 0.2) is 24.9 Å². The van der Waals surface area contributed by atoms with Crippen molar-refractivity contribution in [1.82, 2.24) is 5.32 Å². The normalized spacial score (nSPS) is 18.7. The molecule has 1 aliphatic heterocycles. The second kappa shape index (κ2) is 7.41. The van der Waals surface area contributed by atoms with Gasteiger partial charge in [0.15, 0.2) is 0 Å². The van der Waals surface area contributed by atoms with Crippen molar-refractivity contribution in [3.63, 3.8) is 0 Å². The molecule has 4 N–H and O–H groups in total. The Kier molecular flexibility index (Phi) is 5.27. The molecule has 0 aromatic heterocycles. The van der Waals surface area contributed by atoms with Crippen LogP contribution in [0.2, 0.25) is 5.02 Å². The number of carbonyl (C=O) groups excluding carboxylic acids is 1. The first kappa shape index (κ1) is 17.1. The van der Waals surface area contributed by atoms with E-state index in [-0.39, 0.29) is 5.91 Å². The van der Waals surface area contributed by atoms with Crippen LogP contribution in [-0.2, 0) is 4.79 Å². The predicted octanol–water partition coefficient (Wildman–Crippen LogP) is 4.12. The van der Waals surface area contributed by atoms with E-state index in [2.05, 4.69) is 17.2 Å². The molecule has 5 heteroatoms. The van der Waals surface area contributed by atoms with Crippen LogP contribution >= 0.6 is 11.6 Å². The standard InChI is InChI=1S/C19H24ClN3O/c1-12-15-11-16(20)18(10-14(15)7-8-22-12)23-19(24)17(21)9-13-5-3-2-4-6-13/h7-8,10-11,13,17,22H,1-6,9,21H2,(H,23,24)/t17-/m0/s1. The van der Waals surface area contributed by atoms with Crippen molar-refractivity contribution in [3.05, 3.63) is 41.1 Å². The first-order chi connectivity index (χ1) is 11.5. The average Bonchev–Trinajstić information content (AvgIpc) is 2.57. The van der Waals surface area contributed by atoms with E-state index in [9.17, 15) is 4.79 Å². The summed E-state index contributed by atoms with van der Waals surface area (Å²) < 4.78 is 0. The van der Waals surface area contributed by atoms with Crippen molar-refractivity contribution in [1.29, 1.82) is 0 Å². The Labute approximate surface area is 148 Å². The van der Waals surface area contributed by atoms with E-state index in [1.165, 1.54) is 32.1 Å². The first-order valence-electron chi connectivity index (χ1n) is 8.57. The third-order valence-corrected chi connectivity index (χ3v) is 5.20. The molecule has 128 valence electrons. The lowest BCUT2D eigenvalue weighted by atomic mass is 9.85. The highest BCUT2D eigenvalue weighted by Crippen LogP contribution is 2.32. The molecule has 0 bridgehead atoms. The molecule has 1 aromatic rings. The fourth-order valence-electron chi connectivity index (χ4n) is 3.51. The van der Waals surface area contributed by atoms with Crippen LogP contribution in [0.1, 0.15) is 49.7 Å². The van der Waals surface area contributed by atoms with E-state index >= 15 is 0 Å². The number of carbonyl (C=O) groups is 1. The molecule has 0 saturated heterocycles. The number of fused-ring (bicyclic) bond motifs is 1. The fourth-order valence-corrected chi connectivity index (χ4v) is 3.72. The highest BCUT2D eigenvalue weighted by Gasteiger charge is 2.22. The fraction of sp³-hybridized carbons (Fsp3) is 0.421. The maximum absolute atomic E-state index is 12.4. The van der Waals surface area contributed by atoms with E-state index < -0.39 is 6.04 Å². The van der Waals surface area contributed by atoms with Gasteiger partial charge in [-0.15, -0.1) is 0 Å². The molecule has 1 amide bonds. The van der Waals surface area contributed by atoms with Crippen molar-refractivity contribution in [2.45, 2.75) is 44.6 Å². The third-order valence-electron chi connectivity index (χ3n) is 4.89. The molecule has 24 heavy (non-hydrogen) atoms. The minimum Gasteiger partial charge on any atom is -0.362 e. The number of hydrogen-bond donors (Lipinski definition) is 3. The van der Waals surface area contributed by atoms with Crippen LogP contribution in [0.4, 0.5) is 5.69 Å². The largest absolute Gasteiger partial charge is 0.362 e. The average molecular weight is 346 g/mol. The van der Waals surface area contributed by atoms with Crippen LogP contribution < -0.4 is 16.4 Å². The van der Waals surface area contributed by atoms with Crippen LogP contribution in [-0.4, -0.2) is 11.9 Å². The van der Waals surface area contributed by atoms with Gasteiger partial charge in [0.25, 0.3) is 0 Å². The SMILES string of the molecule is C=C1NC=Cc2cc(NC(=O)[C@@H](N)CC3CCCCC3)c(Cl)cc21. The number of hydrogen-bond acceptors (Lipinski definition) is 3. The molecule has 0 unspecified atom stereocenters. The summed E-state index contributed by atoms with van der Waals surface area (Å²) in [4.78, 5) is 12.4. The second-order valence-electron chi connectivity index (χ2n) is 6.71. The van der Waals surface area contributed by atoms with Crippen LogP contribution in [0.5, 0.6) is 0 Å². The highest BCUT2D eigenvalue weighted by atomic mass is 35.5. The maximum Gasteiger partial charge on any atom is 0.241 e. The summed E-state index contributed by atoms with van der Waals surface area (Å²) in [6.45, 7) is 3.95. The number of halogens is 1. The minimum absolute atomic E-state index is 0.167. The third kappa shape index (κ3) is 3.82. The minimum atomic E-state index is -0.493. The smallest absolute Gasteiger partial charge is 0.241 e. The number of benzene rings is 1. The van der Waals surface area contributed by atoms with Gasteiger partial charge in [-0.1, -0.05) is 50.3 Å². The van der Waals surface area contributed by atoms with Crippen LogP contribution in [0, 0.1) is 5.92 Å². The van der Waals surface area contributed by atoms with Crippen molar-refractivity contribution >= 4 is 35.0 Å². The number of nitrogens with one attached hydrogen (secondary N) is 2. The van der Waals surface area contributed by atoms with E-state index in [1.807, 2.05) is 24.4 Å². The Hall–Kier alpha value is -1.78. The maximum atomic E-state index is 12.4. The van der Waals surface area contributed by atoms with Crippen molar-refractivity contribution < 1.29 is 4.79 Å². The van der Waals surface area contributed by atoms with E-state index in [0.717, 1.165) is 23.2 Å². The van der Waals surface area contributed by atoms with Gasteiger partial charge in [-0.2, -0.15) is 0 Å². The van der Waals surface area contributed by atoms with Crippen molar-refractivity contribution in [2.24, 2.45) is 11.7 Å². The van der Waals surface area contributed by atoms with Gasteiger partial charge in [0.1, 0.15) is 0 Å². The van der Waals surface area contributed by atoms with Crippen molar-refractivity contribution in [2.75, 3.05) is 5.32 Å². The summed E-state index contributed by atoms with van der Waals surface area (Å²) in [5.41, 5.74) is 9.41. The lowest BCUT2D eigenvalue weighted by molar-refractivity contribution is -0.117. The number of anilines is 1.